The molecular formula is C19H16F3N3O4. The molecule has 2 aromatic rings. The van der Waals surface area contributed by atoms with Crippen molar-refractivity contribution in [3.8, 4) is 5.75 Å². The average Bonchev–Trinajstić information content (AvgIpc) is 2.66. The highest BCUT2D eigenvalue weighted by Gasteiger charge is 2.34. The van der Waals surface area contributed by atoms with E-state index in [-0.39, 0.29) is 23.9 Å². The summed E-state index contributed by atoms with van der Waals surface area (Å²) in [7, 11) is 0. The molecule has 1 atom stereocenters. The Hall–Kier alpha value is -3.43. The molecule has 1 N–H and O–H groups in total. The highest BCUT2D eigenvalue weighted by atomic mass is 19.4. The minimum Gasteiger partial charge on any atom is -0.482 e. The number of pyridine rings is 1. The first-order valence-electron chi connectivity index (χ1n) is 8.52. The van der Waals surface area contributed by atoms with E-state index in [2.05, 4.69) is 10.3 Å². The Kier molecular flexibility index (Phi) is 5.27. The van der Waals surface area contributed by atoms with Gasteiger partial charge in [-0.1, -0.05) is 0 Å². The Labute approximate surface area is 163 Å². The van der Waals surface area contributed by atoms with Crippen LogP contribution in [-0.4, -0.2) is 35.2 Å². The molecule has 0 spiro atoms. The lowest BCUT2D eigenvalue weighted by Crippen LogP contribution is -2.49. The fourth-order valence-corrected chi connectivity index (χ4v) is 2.80. The number of aromatic nitrogens is 1. The van der Waals surface area contributed by atoms with Crippen molar-refractivity contribution in [1.82, 2.24) is 4.98 Å². The summed E-state index contributed by atoms with van der Waals surface area (Å²) in [5.74, 6) is -1.14. The van der Waals surface area contributed by atoms with Crippen LogP contribution in [0.5, 0.6) is 5.75 Å². The van der Waals surface area contributed by atoms with E-state index in [4.69, 9.17) is 4.74 Å². The van der Waals surface area contributed by atoms with Crippen LogP contribution in [0.15, 0.2) is 36.5 Å². The molecule has 2 heterocycles. The van der Waals surface area contributed by atoms with Crippen molar-refractivity contribution in [1.29, 1.82) is 0 Å². The van der Waals surface area contributed by atoms with Gasteiger partial charge in [0.1, 0.15) is 17.6 Å². The van der Waals surface area contributed by atoms with Crippen LogP contribution in [0.4, 0.5) is 24.7 Å². The molecule has 7 nitrogen and oxygen atoms in total. The molecule has 152 valence electrons. The third-order valence-corrected chi connectivity index (χ3v) is 4.35. The fourth-order valence-electron chi connectivity index (χ4n) is 2.80. The first-order chi connectivity index (χ1) is 13.6. The number of ether oxygens (including phenoxy) is 1. The van der Waals surface area contributed by atoms with E-state index in [1.807, 2.05) is 0 Å². The van der Waals surface area contributed by atoms with Crippen molar-refractivity contribution in [2.75, 3.05) is 16.8 Å². The second-order valence-electron chi connectivity index (χ2n) is 6.39. The van der Waals surface area contributed by atoms with Crippen molar-refractivity contribution in [2.45, 2.75) is 26.1 Å². The Morgan fingerprint density at radius 1 is 1.24 bits per heavy atom. The van der Waals surface area contributed by atoms with Gasteiger partial charge in [-0.3, -0.25) is 19.3 Å². The largest absolute Gasteiger partial charge is 0.482 e. The third kappa shape index (κ3) is 4.20. The van der Waals surface area contributed by atoms with Gasteiger partial charge in [0.05, 0.1) is 11.3 Å². The molecule has 0 aliphatic carbocycles. The number of hydrogen-bond acceptors (Lipinski definition) is 5. The van der Waals surface area contributed by atoms with Crippen LogP contribution in [0.1, 0.15) is 29.8 Å². The van der Waals surface area contributed by atoms with Crippen LogP contribution in [0, 0.1) is 0 Å². The Morgan fingerprint density at radius 3 is 2.55 bits per heavy atom. The van der Waals surface area contributed by atoms with E-state index in [1.165, 1.54) is 30.9 Å². The number of ketones is 1. The number of fused-ring (bicyclic) bond motifs is 1. The van der Waals surface area contributed by atoms with Crippen molar-refractivity contribution in [3.63, 3.8) is 0 Å². The first kappa shape index (κ1) is 20.3. The maximum atomic E-state index is 12.6. The lowest BCUT2D eigenvalue weighted by Gasteiger charge is -2.33. The monoisotopic (exact) mass is 407 g/mol. The van der Waals surface area contributed by atoms with Gasteiger partial charge >= 0.3 is 6.18 Å². The molecule has 29 heavy (non-hydrogen) atoms. The molecular weight excluding hydrogens is 391 g/mol. The summed E-state index contributed by atoms with van der Waals surface area (Å²) in [6, 6.07) is 5.32. The van der Waals surface area contributed by atoms with Gasteiger partial charge in [0, 0.05) is 11.8 Å². The van der Waals surface area contributed by atoms with Crippen LogP contribution in [-0.2, 0) is 15.8 Å². The van der Waals surface area contributed by atoms with E-state index in [0.29, 0.717) is 17.5 Å². The summed E-state index contributed by atoms with van der Waals surface area (Å²) < 4.78 is 43.2. The third-order valence-electron chi connectivity index (χ3n) is 4.35. The maximum Gasteiger partial charge on any atom is 0.417 e. The molecule has 1 aliphatic rings. The topological polar surface area (TPSA) is 88.6 Å². The highest BCUT2D eigenvalue weighted by Crippen LogP contribution is 2.35. The molecule has 1 aromatic carbocycles. The molecule has 0 radical (unpaired) electrons. The lowest BCUT2D eigenvalue weighted by molar-refractivity contribution is -0.137. The average molecular weight is 407 g/mol. The van der Waals surface area contributed by atoms with E-state index >= 15 is 0 Å². The molecule has 0 fully saturated rings. The number of carbonyl (C=O) groups is 3. The zero-order valence-electron chi connectivity index (χ0n) is 15.4. The Morgan fingerprint density at radius 2 is 1.97 bits per heavy atom. The summed E-state index contributed by atoms with van der Waals surface area (Å²) in [6.07, 6.45) is -3.93. The second-order valence-corrected chi connectivity index (χ2v) is 6.39. The molecule has 0 bridgehead atoms. The first-order valence-corrected chi connectivity index (χ1v) is 8.52. The van der Waals surface area contributed by atoms with E-state index < -0.39 is 29.6 Å². The van der Waals surface area contributed by atoms with Crippen LogP contribution < -0.4 is 15.0 Å². The number of halogens is 3. The number of amides is 2. The number of alkyl halides is 3. The van der Waals surface area contributed by atoms with Gasteiger partial charge in [0.2, 0.25) is 5.91 Å². The molecule has 1 aromatic heterocycles. The predicted molar refractivity (Wildman–Crippen MR) is 96.8 cm³/mol. The van der Waals surface area contributed by atoms with Gasteiger partial charge < -0.3 is 10.1 Å². The summed E-state index contributed by atoms with van der Waals surface area (Å²) in [6.45, 7) is 2.53. The lowest BCUT2D eigenvalue weighted by atomic mass is 10.1. The highest BCUT2D eigenvalue weighted by molar-refractivity contribution is 6.07. The van der Waals surface area contributed by atoms with Gasteiger partial charge in [-0.25, -0.2) is 4.98 Å². The summed E-state index contributed by atoms with van der Waals surface area (Å²) in [5.41, 5.74) is -0.348. The van der Waals surface area contributed by atoms with Gasteiger partial charge in [0.15, 0.2) is 12.4 Å². The van der Waals surface area contributed by atoms with Crippen LogP contribution in [0.3, 0.4) is 0 Å². The number of rotatable bonds is 4. The number of carbonyl (C=O) groups excluding carboxylic acids is 3. The number of benzene rings is 1. The maximum absolute atomic E-state index is 12.6. The summed E-state index contributed by atoms with van der Waals surface area (Å²) in [4.78, 5) is 41.4. The normalized spacial score (nSPS) is 14.7. The van der Waals surface area contributed by atoms with E-state index in [9.17, 15) is 27.6 Å². The smallest absolute Gasteiger partial charge is 0.417 e. The molecule has 0 saturated heterocycles. The number of hydrogen-bond donors (Lipinski definition) is 1. The predicted octanol–water partition coefficient (Wildman–Crippen LogP) is 3.06. The Bertz CT molecular complexity index is 974. The standard InChI is InChI=1S/C19H16F3N3O4/c1-10(18(28)24-16-6-4-13(8-23-16)19(20,21)22)25-14-7-12(11(2)26)3-5-15(14)29-9-17(25)27/h3-8,10H,9H2,1-2H3,(H,23,24,28). The zero-order chi connectivity index (χ0) is 21.3. The van der Waals surface area contributed by atoms with Gasteiger partial charge in [0.25, 0.3) is 5.91 Å². The van der Waals surface area contributed by atoms with E-state index in [0.717, 1.165) is 12.1 Å². The molecule has 10 heteroatoms. The van der Waals surface area contributed by atoms with E-state index in [1.54, 1.807) is 6.07 Å². The molecule has 0 saturated carbocycles. The van der Waals surface area contributed by atoms with Crippen LogP contribution in [0.25, 0.3) is 0 Å². The number of Topliss-reactive ketones (excluding diaryl/α,β-unsaturated/α-hetero) is 1. The van der Waals surface area contributed by atoms with Crippen LogP contribution in [0.2, 0.25) is 0 Å². The molecule has 3 rings (SSSR count). The van der Waals surface area contributed by atoms with Crippen molar-refractivity contribution in [2.24, 2.45) is 0 Å². The molecule has 1 unspecified atom stereocenters. The SMILES string of the molecule is CC(=O)c1ccc2c(c1)N(C(C)C(=O)Nc1ccc(C(F)(F)F)cn1)C(=O)CO2. The Balaban J connectivity index is 1.83. The second kappa shape index (κ2) is 7.53. The van der Waals surface area contributed by atoms with Gasteiger partial charge in [-0.05, 0) is 44.2 Å². The molecule has 2 amide bonds. The number of anilines is 2. The summed E-state index contributed by atoms with van der Waals surface area (Å²) in [5, 5.41) is 2.39. The number of nitrogens with zero attached hydrogens (tertiary/aromatic N) is 2. The van der Waals surface area contributed by atoms with Gasteiger partial charge in [-0.15, -0.1) is 0 Å². The van der Waals surface area contributed by atoms with Crippen LogP contribution >= 0.6 is 0 Å². The fraction of sp³-hybridized carbons (Fsp3) is 0.263. The quantitative estimate of drug-likeness (QED) is 0.787. The van der Waals surface area contributed by atoms with Crippen molar-refractivity contribution in [3.05, 3.63) is 47.7 Å². The minimum atomic E-state index is -4.54. The molecule has 1 aliphatic heterocycles. The zero-order valence-corrected chi connectivity index (χ0v) is 15.4. The minimum absolute atomic E-state index is 0.0896. The van der Waals surface area contributed by atoms with Crippen molar-refractivity contribution >= 4 is 29.1 Å². The van der Waals surface area contributed by atoms with Gasteiger partial charge in [-0.2, -0.15) is 13.2 Å². The van der Waals surface area contributed by atoms with Crippen molar-refractivity contribution < 1.29 is 32.3 Å². The summed E-state index contributed by atoms with van der Waals surface area (Å²) >= 11 is 0. The number of nitrogens with one attached hydrogen (secondary N) is 1.